The summed E-state index contributed by atoms with van der Waals surface area (Å²) >= 11 is 1.75. The van der Waals surface area contributed by atoms with Crippen molar-refractivity contribution in [3.8, 4) is 45.5 Å². The van der Waals surface area contributed by atoms with E-state index < -0.39 is 0 Å². The fourth-order valence-corrected chi connectivity index (χ4v) is 18.7. The molecule has 12 heteroatoms. The molecule has 3 aromatic heterocycles. The van der Waals surface area contributed by atoms with Crippen LogP contribution in [-0.4, -0.2) is 52.6 Å². The monoisotopic (exact) mass is 1040 g/mol. The van der Waals surface area contributed by atoms with Crippen molar-refractivity contribution in [2.75, 3.05) is 20.5 Å². The Labute approximate surface area is 454 Å². The van der Waals surface area contributed by atoms with Crippen molar-refractivity contribution in [2.24, 2.45) is 53.3 Å². The van der Waals surface area contributed by atoms with Gasteiger partial charge in [-0.15, -0.1) is 11.8 Å². The Morgan fingerprint density at radius 2 is 0.829 bits per heavy atom. The number of hydrogen-bond acceptors (Lipinski definition) is 12. The zero-order chi connectivity index (χ0) is 51.4. The number of ether oxygens (including phenoxy) is 2. The van der Waals surface area contributed by atoms with Crippen molar-refractivity contribution in [2.45, 2.75) is 164 Å². The van der Waals surface area contributed by atoms with E-state index in [1.54, 1.807) is 26.0 Å². The summed E-state index contributed by atoms with van der Waals surface area (Å²) in [5.41, 5.74) is 8.53. The number of benzene rings is 3. The highest BCUT2D eigenvalue weighted by Gasteiger charge is 2.53. The molecule has 12 fully saturated rings. The molecule has 76 heavy (non-hydrogen) atoms. The molecule has 12 saturated carbocycles. The molecule has 11 nitrogen and oxygen atoms in total. The number of rotatable bonds is 15. The third-order valence-electron chi connectivity index (χ3n) is 20.2. The Hall–Kier alpha value is -4.88. The van der Waals surface area contributed by atoms with E-state index in [0.717, 1.165) is 135 Å². The van der Waals surface area contributed by atoms with Crippen LogP contribution in [0.15, 0.2) is 103 Å². The SMILES string of the molecule is COc1ccc(-c2cc(CNC34CC5CC(CC(C5)C3)C4)no2)c(OC)c1.CSc1ccccc1-c1cc(CNC23CC4CC(CC(C4)C2)C3)no1.Cc1ccccc1-c1cc(CNC23CC4CC(CC(C4)C2)C3)no1. The van der Waals surface area contributed by atoms with Crippen LogP contribution < -0.4 is 25.4 Å². The average Bonchev–Trinajstić information content (AvgIpc) is 4.28. The van der Waals surface area contributed by atoms with Crippen molar-refractivity contribution >= 4 is 11.8 Å². The third kappa shape index (κ3) is 10.6. The van der Waals surface area contributed by atoms with Crippen molar-refractivity contribution in [1.29, 1.82) is 0 Å². The van der Waals surface area contributed by atoms with Gasteiger partial charge in [-0.1, -0.05) is 51.9 Å². The van der Waals surface area contributed by atoms with Gasteiger partial charge in [0.05, 0.1) is 36.9 Å². The second kappa shape index (κ2) is 21.1. The van der Waals surface area contributed by atoms with Crippen molar-refractivity contribution in [3.05, 3.63) is 108 Å². The zero-order valence-corrected chi connectivity index (χ0v) is 46.2. The second-order valence-corrected chi connectivity index (χ2v) is 26.6. The molecule has 0 saturated heterocycles. The summed E-state index contributed by atoms with van der Waals surface area (Å²) in [4.78, 5) is 1.24. The molecule has 18 rings (SSSR count). The normalized spacial score (nSPS) is 32.7. The summed E-state index contributed by atoms with van der Waals surface area (Å²) in [6, 6.07) is 28.7. The van der Waals surface area contributed by atoms with Gasteiger partial charge in [-0.05, 0) is 212 Å². The highest BCUT2D eigenvalue weighted by molar-refractivity contribution is 7.98. The highest BCUT2D eigenvalue weighted by atomic mass is 32.2. The van der Waals surface area contributed by atoms with Crippen LogP contribution in [0.25, 0.3) is 34.0 Å². The highest BCUT2D eigenvalue weighted by Crippen LogP contribution is 2.58. The van der Waals surface area contributed by atoms with Crippen molar-refractivity contribution < 1.29 is 23.0 Å². The topological polar surface area (TPSA) is 133 Å². The van der Waals surface area contributed by atoms with Crippen LogP contribution in [0.2, 0.25) is 0 Å². The van der Waals surface area contributed by atoms with E-state index in [2.05, 4.69) is 105 Å². The maximum atomic E-state index is 5.66. The van der Waals surface area contributed by atoms with Crippen LogP contribution in [0.5, 0.6) is 11.5 Å². The Balaban J connectivity index is 0.000000109. The molecule has 0 amide bonds. The third-order valence-corrected chi connectivity index (χ3v) is 21.0. The zero-order valence-electron chi connectivity index (χ0n) is 45.4. The minimum absolute atomic E-state index is 0.339. The molecule has 6 aromatic rings. The van der Waals surface area contributed by atoms with E-state index in [-0.39, 0.29) is 0 Å². The lowest BCUT2D eigenvalue weighted by Crippen LogP contribution is -2.58. The van der Waals surface area contributed by atoms with E-state index in [1.807, 2.05) is 24.3 Å². The predicted molar refractivity (Wildman–Crippen MR) is 299 cm³/mol. The maximum absolute atomic E-state index is 5.66. The lowest BCUT2D eigenvalue weighted by Gasteiger charge is -2.57. The number of aromatic nitrogens is 3. The largest absolute Gasteiger partial charge is 0.497 e. The van der Waals surface area contributed by atoms with Gasteiger partial charge in [-0.2, -0.15) is 0 Å². The quantitative estimate of drug-likeness (QED) is 0.0846. The minimum Gasteiger partial charge on any atom is -0.497 e. The molecule has 0 unspecified atom stereocenters. The van der Waals surface area contributed by atoms with E-state index in [0.29, 0.717) is 16.6 Å². The summed E-state index contributed by atoms with van der Waals surface area (Å²) in [6.45, 7) is 4.55. The van der Waals surface area contributed by atoms with Gasteiger partial charge >= 0.3 is 0 Å². The summed E-state index contributed by atoms with van der Waals surface area (Å²) < 4.78 is 27.7. The van der Waals surface area contributed by atoms with Crippen LogP contribution in [0.3, 0.4) is 0 Å². The predicted octanol–water partition coefficient (Wildman–Crippen LogP) is 14.2. The molecule has 3 heterocycles. The number of aryl methyl sites for hydroxylation is 1. The molecular formula is C64H80N6O5S. The van der Waals surface area contributed by atoms with Gasteiger partial charge in [0.1, 0.15) is 11.5 Å². The molecule has 12 aliphatic rings. The summed E-state index contributed by atoms with van der Waals surface area (Å²) in [5.74, 6) is 12.7. The lowest BCUT2D eigenvalue weighted by molar-refractivity contribution is -0.0209. The molecular weight excluding hydrogens is 965 g/mol. The molecule has 0 spiro atoms. The van der Waals surface area contributed by atoms with Crippen LogP contribution in [0.1, 0.15) is 138 Å². The standard InChI is InChI=1S/C22H28N2O3.C21H26N2OS.C21H26N2O/c1-25-18-3-4-19(20(9-18)26-2)21-8-17(24-27-21)13-23-22-10-14-5-15(11-22)7-16(6-14)12-22;1-25-20-5-3-2-4-18(20)19-9-17(23-24-19)13-22-21-10-14-6-15(11-21)8-16(7-14)12-21;1-14-4-2-3-5-19(14)20-9-18(23-24-20)13-22-21-10-15-6-16(11-21)8-17(7-15)12-21/h3-4,8-9,14-16,23H,5-7,10-13H2,1-2H3;2-5,9,14-16,22H,6-8,10-13H2,1H3;2-5,9,15-17,22H,6-8,10-13H2,1H3. The molecule has 3 N–H and O–H groups in total. The van der Waals surface area contributed by atoms with Crippen molar-refractivity contribution in [1.82, 2.24) is 31.4 Å². The molecule has 12 aliphatic carbocycles. The van der Waals surface area contributed by atoms with E-state index >= 15 is 0 Å². The fourth-order valence-electron chi connectivity index (χ4n) is 18.1. The number of methoxy groups -OCH3 is 2. The van der Waals surface area contributed by atoms with Crippen molar-refractivity contribution in [3.63, 3.8) is 0 Å². The first kappa shape index (κ1) is 50.6. The summed E-state index contributed by atoms with van der Waals surface area (Å²) in [7, 11) is 3.31. The first-order valence-corrected chi connectivity index (χ1v) is 30.3. The first-order chi connectivity index (χ1) is 37.1. The molecule has 402 valence electrons. The second-order valence-electron chi connectivity index (χ2n) is 25.8. The fraction of sp³-hybridized carbons (Fsp3) is 0.578. The first-order valence-electron chi connectivity index (χ1n) is 29.1. The van der Waals surface area contributed by atoms with E-state index in [1.165, 1.54) is 126 Å². The average molecular weight is 1050 g/mol. The number of nitrogens with zero attached hydrogens (tertiary/aromatic N) is 3. The molecule has 0 atom stereocenters. The Morgan fingerprint density at radius 1 is 0.461 bits per heavy atom. The van der Waals surface area contributed by atoms with Crippen LogP contribution in [-0.2, 0) is 19.6 Å². The van der Waals surface area contributed by atoms with Crippen LogP contribution >= 0.6 is 11.8 Å². The minimum atomic E-state index is 0.339. The Bertz CT molecular complexity index is 2870. The van der Waals surface area contributed by atoms with Gasteiger partial charge in [-0.25, -0.2) is 0 Å². The van der Waals surface area contributed by atoms with Crippen LogP contribution in [0, 0.1) is 60.2 Å². The van der Waals surface area contributed by atoms with E-state index in [4.69, 9.17) is 23.0 Å². The van der Waals surface area contributed by atoms with Gasteiger partial charge in [0.15, 0.2) is 17.3 Å². The molecule has 12 bridgehead atoms. The summed E-state index contributed by atoms with van der Waals surface area (Å²) in [6.07, 6.45) is 27.7. The smallest absolute Gasteiger partial charge is 0.170 e. The van der Waals surface area contributed by atoms with Gasteiger partial charge < -0.3 is 39.0 Å². The Kier molecular flexibility index (Phi) is 14.0. The van der Waals surface area contributed by atoms with Gasteiger partial charge in [0.25, 0.3) is 0 Å². The Morgan fingerprint density at radius 3 is 1.21 bits per heavy atom. The summed E-state index contributed by atoms with van der Waals surface area (Å²) in [5, 5.41) is 24.6. The molecule has 0 aliphatic heterocycles. The molecule has 3 aromatic carbocycles. The number of thioether (sulfide) groups is 1. The number of hydrogen-bond donors (Lipinski definition) is 3. The van der Waals surface area contributed by atoms with Gasteiger partial charge in [0.2, 0.25) is 0 Å². The lowest BCUT2D eigenvalue weighted by atomic mass is 9.53. The van der Waals surface area contributed by atoms with Crippen LogP contribution in [0.4, 0.5) is 0 Å². The van der Waals surface area contributed by atoms with Gasteiger partial charge in [-0.3, -0.25) is 0 Å². The number of nitrogens with one attached hydrogen (secondary N) is 3. The van der Waals surface area contributed by atoms with E-state index in [9.17, 15) is 0 Å². The maximum Gasteiger partial charge on any atom is 0.170 e. The molecule has 0 radical (unpaired) electrons. The van der Waals surface area contributed by atoms with Gasteiger partial charge in [0, 0.05) is 76.5 Å².